The van der Waals surface area contributed by atoms with E-state index in [1.54, 1.807) is 0 Å². The average Bonchev–Trinajstić information content (AvgIpc) is 2.32. The fourth-order valence-corrected chi connectivity index (χ4v) is 3.20. The van der Waals surface area contributed by atoms with E-state index in [0.29, 0.717) is 0 Å². The molecule has 1 fully saturated rings. The fourth-order valence-electron chi connectivity index (χ4n) is 3.20. The van der Waals surface area contributed by atoms with Gasteiger partial charge in [-0.05, 0) is 58.8 Å². The van der Waals surface area contributed by atoms with Crippen molar-refractivity contribution in [1.82, 2.24) is 9.88 Å². The van der Waals surface area contributed by atoms with Gasteiger partial charge >= 0.3 is 0 Å². The molecule has 0 atom stereocenters. The van der Waals surface area contributed by atoms with Gasteiger partial charge in [-0.2, -0.15) is 0 Å². The lowest BCUT2D eigenvalue weighted by Crippen LogP contribution is -2.57. The van der Waals surface area contributed by atoms with E-state index in [0.717, 1.165) is 29.2 Å². The lowest BCUT2D eigenvalue weighted by atomic mass is 9.75. The van der Waals surface area contributed by atoms with E-state index in [1.807, 2.05) is 19.9 Å². The van der Waals surface area contributed by atoms with E-state index in [2.05, 4.69) is 35.9 Å². The highest BCUT2D eigenvalue weighted by molar-refractivity contribution is 5.51. The maximum Gasteiger partial charge on any atom is 0.134 e. The highest BCUT2D eigenvalue weighted by Crippen LogP contribution is 2.37. The third kappa shape index (κ3) is 2.67. The van der Waals surface area contributed by atoms with Crippen LogP contribution in [0.4, 0.5) is 5.82 Å². The molecule has 0 bridgehead atoms. The first-order chi connectivity index (χ1) is 9.39. The third-order valence-electron chi connectivity index (χ3n) is 4.74. The number of hydrogen-bond acceptors (Lipinski definition) is 4. The van der Waals surface area contributed by atoms with E-state index in [9.17, 15) is 5.11 Å². The van der Waals surface area contributed by atoms with E-state index >= 15 is 0 Å². The lowest BCUT2D eigenvalue weighted by Gasteiger charge is -2.49. The predicted octanol–water partition coefficient (Wildman–Crippen LogP) is 2.11. The van der Waals surface area contributed by atoms with E-state index in [1.165, 1.54) is 19.3 Å². The Morgan fingerprint density at radius 3 is 2.35 bits per heavy atom. The molecule has 1 N–H and O–H groups in total. The van der Waals surface area contributed by atoms with Gasteiger partial charge in [-0.15, -0.1) is 0 Å². The minimum Gasteiger partial charge on any atom is -0.392 e. The summed E-state index contributed by atoms with van der Waals surface area (Å²) in [5.74, 6) is 0.929. The van der Waals surface area contributed by atoms with Crippen molar-refractivity contribution in [2.75, 3.05) is 32.6 Å². The molecule has 1 saturated carbocycles. The predicted molar refractivity (Wildman–Crippen MR) is 83.2 cm³/mol. The second kappa shape index (κ2) is 5.70. The van der Waals surface area contributed by atoms with Crippen LogP contribution in [0.15, 0.2) is 6.07 Å². The molecule has 1 aliphatic rings. The summed E-state index contributed by atoms with van der Waals surface area (Å²) >= 11 is 0. The van der Waals surface area contributed by atoms with Gasteiger partial charge in [0.25, 0.3) is 0 Å². The molecule has 4 nitrogen and oxygen atoms in total. The third-order valence-corrected chi connectivity index (χ3v) is 4.74. The Balaban J connectivity index is 2.27. The first-order valence-electron chi connectivity index (χ1n) is 7.36. The average molecular weight is 277 g/mol. The van der Waals surface area contributed by atoms with Gasteiger partial charge < -0.3 is 14.9 Å². The second-order valence-electron chi connectivity index (χ2n) is 6.37. The SMILES string of the molecule is Cc1cc(C)c(CO)c(N(C)CC2(N(C)C)CCC2)n1. The first-order valence-corrected chi connectivity index (χ1v) is 7.36. The zero-order chi connectivity index (χ0) is 14.9. The van der Waals surface area contributed by atoms with Crippen LogP contribution in [0, 0.1) is 13.8 Å². The quantitative estimate of drug-likeness (QED) is 0.895. The summed E-state index contributed by atoms with van der Waals surface area (Å²) in [7, 11) is 6.41. The van der Waals surface area contributed by atoms with Gasteiger partial charge in [0.2, 0.25) is 0 Å². The number of aryl methyl sites for hydroxylation is 2. The Kier molecular flexibility index (Phi) is 4.35. The number of hydrogen-bond donors (Lipinski definition) is 1. The Hall–Kier alpha value is -1.13. The maximum absolute atomic E-state index is 9.64. The Morgan fingerprint density at radius 1 is 1.25 bits per heavy atom. The molecule has 20 heavy (non-hydrogen) atoms. The largest absolute Gasteiger partial charge is 0.392 e. The molecule has 0 saturated heterocycles. The molecule has 0 aromatic carbocycles. The molecule has 0 radical (unpaired) electrons. The number of likely N-dealkylation sites (N-methyl/N-ethyl adjacent to an activating group) is 2. The van der Waals surface area contributed by atoms with E-state index in [4.69, 9.17) is 0 Å². The Morgan fingerprint density at radius 2 is 1.90 bits per heavy atom. The second-order valence-corrected chi connectivity index (χ2v) is 6.37. The Bertz CT molecular complexity index is 481. The molecule has 1 aliphatic carbocycles. The monoisotopic (exact) mass is 277 g/mol. The standard InChI is InChI=1S/C16H27N3O/c1-12-9-13(2)17-15(14(12)10-20)19(5)11-16(18(3)4)7-6-8-16/h9,20H,6-8,10-11H2,1-5H3. The van der Waals surface area contributed by atoms with Gasteiger partial charge in [-0.3, -0.25) is 0 Å². The van der Waals surface area contributed by atoms with Gasteiger partial charge in [-0.1, -0.05) is 0 Å². The molecular weight excluding hydrogens is 250 g/mol. The van der Waals surface area contributed by atoms with Gasteiger partial charge in [0.1, 0.15) is 5.82 Å². The van der Waals surface area contributed by atoms with Crippen LogP contribution in [0.3, 0.4) is 0 Å². The van der Waals surface area contributed by atoms with Crippen molar-refractivity contribution in [3.63, 3.8) is 0 Å². The van der Waals surface area contributed by atoms with Crippen molar-refractivity contribution in [3.8, 4) is 0 Å². The fraction of sp³-hybridized carbons (Fsp3) is 0.688. The van der Waals surface area contributed by atoms with Crippen LogP contribution in [0.5, 0.6) is 0 Å². The zero-order valence-electron chi connectivity index (χ0n) is 13.4. The summed E-state index contributed by atoms with van der Waals surface area (Å²) in [5.41, 5.74) is 3.34. The van der Waals surface area contributed by atoms with Gasteiger partial charge in [0.15, 0.2) is 0 Å². The number of nitrogens with zero attached hydrogens (tertiary/aromatic N) is 3. The maximum atomic E-state index is 9.64. The topological polar surface area (TPSA) is 39.6 Å². The van der Waals surface area contributed by atoms with Crippen LogP contribution in [-0.2, 0) is 6.61 Å². The van der Waals surface area contributed by atoms with Crippen molar-refractivity contribution < 1.29 is 5.11 Å². The number of rotatable bonds is 5. The van der Waals surface area contributed by atoms with Crippen LogP contribution < -0.4 is 4.90 Å². The summed E-state index contributed by atoms with van der Waals surface area (Å²) in [5, 5.41) is 9.64. The highest BCUT2D eigenvalue weighted by atomic mass is 16.3. The molecular formula is C16H27N3O. The summed E-state index contributed by atoms with van der Waals surface area (Å²) in [4.78, 5) is 9.21. The van der Waals surface area contributed by atoms with Crippen molar-refractivity contribution in [1.29, 1.82) is 0 Å². The number of aliphatic hydroxyl groups excluding tert-OH is 1. The van der Waals surface area contributed by atoms with Gasteiger partial charge in [0, 0.05) is 30.4 Å². The molecule has 4 heteroatoms. The van der Waals surface area contributed by atoms with Crippen molar-refractivity contribution in [2.24, 2.45) is 0 Å². The smallest absolute Gasteiger partial charge is 0.134 e. The summed E-state index contributed by atoms with van der Waals surface area (Å²) in [6.45, 7) is 5.07. The molecule has 1 aromatic heterocycles. The minimum atomic E-state index is 0.0494. The molecule has 1 heterocycles. The number of pyridine rings is 1. The summed E-state index contributed by atoms with van der Waals surface area (Å²) in [6.07, 6.45) is 3.78. The van der Waals surface area contributed by atoms with Crippen molar-refractivity contribution in [2.45, 2.75) is 45.3 Å². The number of anilines is 1. The van der Waals surface area contributed by atoms with Crippen LogP contribution in [0.2, 0.25) is 0 Å². The highest BCUT2D eigenvalue weighted by Gasteiger charge is 2.40. The summed E-state index contributed by atoms with van der Waals surface area (Å²) in [6, 6.07) is 2.04. The van der Waals surface area contributed by atoms with Crippen LogP contribution in [0.25, 0.3) is 0 Å². The van der Waals surface area contributed by atoms with Crippen LogP contribution in [-0.4, -0.2) is 48.2 Å². The van der Waals surface area contributed by atoms with E-state index in [-0.39, 0.29) is 12.1 Å². The normalized spacial score (nSPS) is 17.1. The molecule has 0 spiro atoms. The molecule has 2 rings (SSSR count). The van der Waals surface area contributed by atoms with Crippen molar-refractivity contribution in [3.05, 3.63) is 22.9 Å². The van der Waals surface area contributed by atoms with Crippen LogP contribution >= 0.6 is 0 Å². The van der Waals surface area contributed by atoms with Gasteiger partial charge in [-0.25, -0.2) is 4.98 Å². The zero-order valence-corrected chi connectivity index (χ0v) is 13.4. The molecule has 0 amide bonds. The number of aromatic nitrogens is 1. The van der Waals surface area contributed by atoms with Crippen molar-refractivity contribution >= 4 is 5.82 Å². The van der Waals surface area contributed by atoms with Gasteiger partial charge in [0.05, 0.1) is 6.61 Å². The molecule has 0 aliphatic heterocycles. The first kappa shape index (κ1) is 15.3. The molecule has 1 aromatic rings. The lowest BCUT2D eigenvalue weighted by molar-refractivity contribution is 0.0681. The Labute approximate surface area is 122 Å². The molecule has 0 unspecified atom stereocenters. The summed E-state index contributed by atoms with van der Waals surface area (Å²) < 4.78 is 0. The van der Waals surface area contributed by atoms with Crippen LogP contribution in [0.1, 0.15) is 36.1 Å². The molecule has 112 valence electrons. The van der Waals surface area contributed by atoms with E-state index < -0.39 is 0 Å². The minimum absolute atomic E-state index is 0.0494. The number of aliphatic hydroxyl groups is 1.